The number of aromatic nitrogens is 3. The van der Waals surface area contributed by atoms with E-state index < -0.39 is 0 Å². The van der Waals surface area contributed by atoms with Crippen molar-refractivity contribution in [3.05, 3.63) is 11.9 Å². The second-order valence-electron chi connectivity index (χ2n) is 3.05. The number of H-pyrrole nitrogens is 1. The molecular formula is C8H17N5. The van der Waals surface area contributed by atoms with Gasteiger partial charge in [0.05, 0.1) is 11.9 Å². The van der Waals surface area contributed by atoms with Crippen LogP contribution in [0.1, 0.15) is 19.5 Å². The summed E-state index contributed by atoms with van der Waals surface area (Å²) in [4.78, 5) is 0. The highest BCUT2D eigenvalue weighted by molar-refractivity contribution is 4.89. The van der Waals surface area contributed by atoms with E-state index in [9.17, 15) is 0 Å². The fraction of sp³-hybridized carbons (Fsp3) is 0.750. The molecule has 0 saturated carbocycles. The lowest BCUT2D eigenvalue weighted by molar-refractivity contribution is 0.505. The molecule has 0 amide bonds. The Morgan fingerprint density at radius 3 is 3.08 bits per heavy atom. The van der Waals surface area contributed by atoms with Crippen molar-refractivity contribution < 1.29 is 0 Å². The van der Waals surface area contributed by atoms with Crippen LogP contribution < -0.4 is 10.6 Å². The van der Waals surface area contributed by atoms with Gasteiger partial charge in [0, 0.05) is 19.1 Å². The van der Waals surface area contributed by atoms with Gasteiger partial charge in [0.25, 0.3) is 0 Å². The SMILES string of the molecule is CCNCC(C)NCc1cn[nH]n1. The fourth-order valence-corrected chi connectivity index (χ4v) is 1.02. The predicted molar refractivity (Wildman–Crippen MR) is 51.2 cm³/mol. The smallest absolute Gasteiger partial charge is 0.0962 e. The molecule has 0 spiro atoms. The second-order valence-corrected chi connectivity index (χ2v) is 3.05. The summed E-state index contributed by atoms with van der Waals surface area (Å²) in [7, 11) is 0. The van der Waals surface area contributed by atoms with Crippen molar-refractivity contribution in [2.75, 3.05) is 13.1 Å². The summed E-state index contributed by atoms with van der Waals surface area (Å²) in [5, 5.41) is 16.9. The molecule has 0 aliphatic carbocycles. The molecule has 5 nitrogen and oxygen atoms in total. The van der Waals surface area contributed by atoms with E-state index in [-0.39, 0.29) is 0 Å². The minimum Gasteiger partial charge on any atom is -0.315 e. The van der Waals surface area contributed by atoms with Gasteiger partial charge in [0.2, 0.25) is 0 Å². The number of nitrogens with zero attached hydrogens (tertiary/aromatic N) is 2. The van der Waals surface area contributed by atoms with E-state index >= 15 is 0 Å². The maximum absolute atomic E-state index is 3.95. The summed E-state index contributed by atoms with van der Waals surface area (Å²) in [6.07, 6.45) is 1.73. The molecule has 1 aromatic rings. The Balaban J connectivity index is 2.11. The van der Waals surface area contributed by atoms with Crippen molar-refractivity contribution >= 4 is 0 Å². The first-order valence-corrected chi connectivity index (χ1v) is 4.61. The predicted octanol–water partition coefficient (Wildman–Crippen LogP) is -0.108. The molecule has 0 fully saturated rings. The van der Waals surface area contributed by atoms with Crippen LogP contribution >= 0.6 is 0 Å². The minimum absolute atomic E-state index is 0.455. The van der Waals surface area contributed by atoms with Crippen LogP contribution in [0.25, 0.3) is 0 Å². The normalized spacial score (nSPS) is 13.1. The maximum atomic E-state index is 3.95. The van der Waals surface area contributed by atoms with Crippen LogP contribution in [0.5, 0.6) is 0 Å². The number of hydrogen-bond acceptors (Lipinski definition) is 4. The van der Waals surface area contributed by atoms with Crippen LogP contribution in [0.3, 0.4) is 0 Å². The van der Waals surface area contributed by atoms with Crippen molar-refractivity contribution in [2.24, 2.45) is 0 Å². The molecule has 5 heteroatoms. The van der Waals surface area contributed by atoms with Crippen molar-refractivity contribution in [1.29, 1.82) is 0 Å². The Morgan fingerprint density at radius 1 is 1.62 bits per heavy atom. The van der Waals surface area contributed by atoms with E-state index in [1.165, 1.54) is 0 Å². The first-order valence-electron chi connectivity index (χ1n) is 4.61. The summed E-state index contributed by atoms with van der Waals surface area (Å²) >= 11 is 0. The number of nitrogens with one attached hydrogen (secondary N) is 3. The van der Waals surface area contributed by atoms with Gasteiger partial charge in [0.1, 0.15) is 0 Å². The molecule has 0 aliphatic rings. The fourth-order valence-electron chi connectivity index (χ4n) is 1.02. The van der Waals surface area contributed by atoms with Gasteiger partial charge < -0.3 is 10.6 Å². The summed E-state index contributed by atoms with van der Waals surface area (Å²) in [5.74, 6) is 0. The standard InChI is InChI=1S/C8H17N5/c1-3-9-4-7(2)10-5-8-6-11-13-12-8/h6-7,9-10H,3-5H2,1-2H3,(H,11,12,13). The van der Waals surface area contributed by atoms with Gasteiger partial charge in [-0.1, -0.05) is 6.92 Å². The van der Waals surface area contributed by atoms with E-state index in [0.29, 0.717) is 6.04 Å². The zero-order chi connectivity index (χ0) is 9.52. The van der Waals surface area contributed by atoms with Gasteiger partial charge in [-0.3, -0.25) is 0 Å². The van der Waals surface area contributed by atoms with E-state index in [4.69, 9.17) is 0 Å². The van der Waals surface area contributed by atoms with Gasteiger partial charge in [-0.15, -0.1) is 0 Å². The van der Waals surface area contributed by atoms with E-state index in [2.05, 4.69) is 39.9 Å². The maximum Gasteiger partial charge on any atom is 0.0962 e. The molecular weight excluding hydrogens is 166 g/mol. The quantitative estimate of drug-likeness (QED) is 0.576. The van der Waals surface area contributed by atoms with Crippen LogP contribution in [0.2, 0.25) is 0 Å². The van der Waals surface area contributed by atoms with E-state index in [1.54, 1.807) is 6.20 Å². The van der Waals surface area contributed by atoms with Gasteiger partial charge in [0.15, 0.2) is 0 Å². The van der Waals surface area contributed by atoms with Crippen LogP contribution in [-0.4, -0.2) is 34.5 Å². The van der Waals surface area contributed by atoms with Gasteiger partial charge in [-0.25, -0.2) is 0 Å². The molecule has 13 heavy (non-hydrogen) atoms. The van der Waals surface area contributed by atoms with Gasteiger partial charge in [-0.05, 0) is 13.5 Å². The molecule has 0 bridgehead atoms. The summed E-state index contributed by atoms with van der Waals surface area (Å²) in [6, 6.07) is 0.455. The highest BCUT2D eigenvalue weighted by Gasteiger charge is 2.01. The monoisotopic (exact) mass is 183 g/mol. The summed E-state index contributed by atoms with van der Waals surface area (Å²) in [5.41, 5.74) is 0.948. The Bertz CT molecular complexity index is 208. The molecule has 0 aliphatic heterocycles. The van der Waals surface area contributed by atoms with Crippen LogP contribution in [0.15, 0.2) is 6.20 Å². The van der Waals surface area contributed by atoms with Crippen LogP contribution in [-0.2, 0) is 6.54 Å². The topological polar surface area (TPSA) is 65.6 Å². The third-order valence-corrected chi connectivity index (χ3v) is 1.80. The molecule has 1 heterocycles. The molecule has 3 N–H and O–H groups in total. The zero-order valence-corrected chi connectivity index (χ0v) is 8.17. The van der Waals surface area contributed by atoms with E-state index in [1.807, 2.05) is 0 Å². The van der Waals surface area contributed by atoms with Crippen molar-refractivity contribution in [3.63, 3.8) is 0 Å². The lowest BCUT2D eigenvalue weighted by Crippen LogP contribution is -2.35. The molecule has 0 aromatic carbocycles. The largest absolute Gasteiger partial charge is 0.315 e. The summed E-state index contributed by atoms with van der Waals surface area (Å²) in [6.45, 7) is 7.00. The highest BCUT2D eigenvalue weighted by Crippen LogP contribution is 1.88. The lowest BCUT2D eigenvalue weighted by Gasteiger charge is -2.12. The average Bonchev–Trinajstić information content (AvgIpc) is 2.64. The van der Waals surface area contributed by atoms with Gasteiger partial charge >= 0.3 is 0 Å². The minimum atomic E-state index is 0.455. The molecule has 1 unspecified atom stereocenters. The zero-order valence-electron chi connectivity index (χ0n) is 8.17. The summed E-state index contributed by atoms with van der Waals surface area (Å²) < 4.78 is 0. The Kier molecular flexibility index (Phi) is 4.42. The molecule has 1 atom stereocenters. The Hall–Kier alpha value is -0.940. The number of rotatable bonds is 6. The number of likely N-dealkylation sites (N-methyl/N-ethyl adjacent to an activating group) is 1. The average molecular weight is 183 g/mol. The van der Waals surface area contributed by atoms with E-state index in [0.717, 1.165) is 25.3 Å². The lowest BCUT2D eigenvalue weighted by atomic mass is 10.3. The van der Waals surface area contributed by atoms with Crippen LogP contribution in [0.4, 0.5) is 0 Å². The molecule has 0 radical (unpaired) electrons. The molecule has 1 rings (SSSR count). The molecule has 74 valence electrons. The third-order valence-electron chi connectivity index (χ3n) is 1.80. The number of hydrogen-bond donors (Lipinski definition) is 3. The van der Waals surface area contributed by atoms with Crippen molar-refractivity contribution in [2.45, 2.75) is 26.4 Å². The van der Waals surface area contributed by atoms with Crippen molar-refractivity contribution in [1.82, 2.24) is 26.0 Å². The third kappa shape index (κ3) is 4.00. The highest BCUT2D eigenvalue weighted by atomic mass is 15.3. The molecule has 1 aromatic heterocycles. The first-order chi connectivity index (χ1) is 6.33. The van der Waals surface area contributed by atoms with Crippen molar-refractivity contribution in [3.8, 4) is 0 Å². The van der Waals surface area contributed by atoms with Crippen LogP contribution in [0, 0.1) is 0 Å². The Morgan fingerprint density at radius 2 is 2.46 bits per heavy atom. The van der Waals surface area contributed by atoms with Gasteiger partial charge in [-0.2, -0.15) is 15.4 Å². The first kappa shape index (κ1) is 10.1. The number of aromatic amines is 1. The molecule has 0 saturated heterocycles. The Labute approximate surface area is 78.3 Å². The second kappa shape index (κ2) is 5.66.